The molecule has 0 spiro atoms. The van der Waals surface area contributed by atoms with Crippen molar-refractivity contribution in [2.75, 3.05) is 18.0 Å². The molecule has 2 heterocycles. The van der Waals surface area contributed by atoms with Gasteiger partial charge < -0.3 is 4.90 Å². The smallest absolute Gasteiger partial charge is 0.243 e. The molecule has 2 aliphatic rings. The molecule has 2 amide bonds. The van der Waals surface area contributed by atoms with E-state index in [1.165, 1.54) is 17.1 Å². The monoisotopic (exact) mass is 379 g/mol. The molecule has 144 valence electrons. The number of carbonyl (C=O) groups excluding carboxylic acids is 2. The van der Waals surface area contributed by atoms with Crippen LogP contribution in [0.5, 0.6) is 0 Å². The maximum atomic E-state index is 13.6. The fourth-order valence-electron chi connectivity index (χ4n) is 3.76. The lowest BCUT2D eigenvalue weighted by Gasteiger charge is -2.29. The van der Waals surface area contributed by atoms with Crippen LogP contribution < -0.4 is 4.90 Å². The summed E-state index contributed by atoms with van der Waals surface area (Å²) in [4.78, 5) is 26.8. The van der Waals surface area contributed by atoms with Gasteiger partial charge in [-0.05, 0) is 36.1 Å². The van der Waals surface area contributed by atoms with Crippen LogP contribution in [0.25, 0.3) is 0 Å². The predicted molar refractivity (Wildman–Crippen MR) is 106 cm³/mol. The van der Waals surface area contributed by atoms with Gasteiger partial charge in [-0.1, -0.05) is 36.4 Å². The molecule has 6 heteroatoms. The van der Waals surface area contributed by atoms with E-state index in [-0.39, 0.29) is 30.5 Å². The van der Waals surface area contributed by atoms with Crippen LogP contribution in [0.4, 0.5) is 10.1 Å². The van der Waals surface area contributed by atoms with Gasteiger partial charge in [0, 0.05) is 31.5 Å². The Kier molecular flexibility index (Phi) is 5.19. The fraction of sp³-hybridized carbons (Fsp3) is 0.318. The second-order valence-electron chi connectivity index (χ2n) is 7.10. The summed E-state index contributed by atoms with van der Waals surface area (Å²) in [6.45, 7) is 1.10. The molecule has 0 fully saturated rings. The molecule has 0 radical (unpaired) electrons. The summed E-state index contributed by atoms with van der Waals surface area (Å²) in [6.07, 6.45) is 2.59. The molecule has 0 unspecified atom stereocenters. The minimum absolute atomic E-state index is 0.0987. The van der Waals surface area contributed by atoms with Crippen LogP contribution in [0.1, 0.15) is 36.8 Å². The minimum Gasteiger partial charge on any atom is -0.312 e. The number of rotatable bonds is 4. The van der Waals surface area contributed by atoms with Gasteiger partial charge in [-0.3, -0.25) is 9.59 Å². The predicted octanol–water partition coefficient (Wildman–Crippen LogP) is 3.52. The highest BCUT2D eigenvalue weighted by Crippen LogP contribution is 2.28. The molecule has 0 bridgehead atoms. The second-order valence-corrected chi connectivity index (χ2v) is 7.10. The highest BCUT2D eigenvalue weighted by molar-refractivity contribution is 6.03. The van der Waals surface area contributed by atoms with E-state index in [1.807, 2.05) is 30.3 Å². The van der Waals surface area contributed by atoms with E-state index >= 15 is 0 Å². The maximum Gasteiger partial charge on any atom is 0.243 e. The summed E-state index contributed by atoms with van der Waals surface area (Å²) in [5.74, 6) is -0.656. The highest BCUT2D eigenvalue weighted by Gasteiger charge is 2.26. The molecule has 0 N–H and O–H groups in total. The molecule has 5 nitrogen and oxygen atoms in total. The zero-order valence-corrected chi connectivity index (χ0v) is 15.6. The number of benzene rings is 2. The number of nitrogens with zero attached hydrogens (tertiary/aromatic N) is 3. The van der Waals surface area contributed by atoms with Crippen LogP contribution in [-0.4, -0.2) is 35.6 Å². The third kappa shape index (κ3) is 3.81. The first-order valence-corrected chi connectivity index (χ1v) is 9.64. The molecular weight excluding hydrogens is 357 g/mol. The number of hydrogen-bond acceptors (Lipinski definition) is 3. The SMILES string of the molecule is O=C(CCC(=O)N1CCCc2ccc(F)cc21)N1CCC(c2ccccc2)=N1. The van der Waals surface area contributed by atoms with Gasteiger partial charge in [0.15, 0.2) is 0 Å². The first-order chi connectivity index (χ1) is 13.6. The molecule has 0 aromatic heterocycles. The van der Waals surface area contributed by atoms with Crippen LogP contribution in [0.2, 0.25) is 0 Å². The number of halogens is 1. The van der Waals surface area contributed by atoms with Crippen molar-refractivity contribution in [3.05, 3.63) is 65.5 Å². The average molecular weight is 379 g/mol. The van der Waals surface area contributed by atoms with Gasteiger partial charge >= 0.3 is 0 Å². The van der Waals surface area contributed by atoms with Crippen LogP contribution in [0.3, 0.4) is 0 Å². The lowest BCUT2D eigenvalue weighted by Crippen LogP contribution is -2.36. The van der Waals surface area contributed by atoms with Crippen molar-refractivity contribution in [1.29, 1.82) is 0 Å². The van der Waals surface area contributed by atoms with E-state index in [2.05, 4.69) is 5.10 Å². The number of anilines is 1. The van der Waals surface area contributed by atoms with Gasteiger partial charge in [0.25, 0.3) is 0 Å². The Labute approximate surface area is 163 Å². The average Bonchev–Trinajstić information content (AvgIpc) is 3.22. The number of fused-ring (bicyclic) bond motifs is 1. The summed E-state index contributed by atoms with van der Waals surface area (Å²) < 4.78 is 13.6. The number of carbonyl (C=O) groups is 2. The summed E-state index contributed by atoms with van der Waals surface area (Å²) in [7, 11) is 0. The van der Waals surface area contributed by atoms with E-state index < -0.39 is 0 Å². The van der Waals surface area contributed by atoms with Crippen molar-refractivity contribution in [1.82, 2.24) is 5.01 Å². The Hall–Kier alpha value is -3.02. The van der Waals surface area contributed by atoms with Crippen LogP contribution in [-0.2, 0) is 16.0 Å². The van der Waals surface area contributed by atoms with Crippen molar-refractivity contribution in [2.24, 2.45) is 5.10 Å². The highest BCUT2D eigenvalue weighted by atomic mass is 19.1. The Balaban J connectivity index is 1.38. The van der Waals surface area contributed by atoms with Gasteiger partial charge in [0.1, 0.15) is 5.82 Å². The van der Waals surface area contributed by atoms with Gasteiger partial charge in [-0.15, -0.1) is 0 Å². The molecule has 4 rings (SSSR count). The topological polar surface area (TPSA) is 53.0 Å². The van der Waals surface area contributed by atoms with E-state index in [0.29, 0.717) is 25.2 Å². The van der Waals surface area contributed by atoms with Gasteiger partial charge in [0.05, 0.1) is 12.3 Å². The molecular formula is C22H22FN3O2. The van der Waals surface area contributed by atoms with E-state index in [9.17, 15) is 14.0 Å². The van der Waals surface area contributed by atoms with Crippen molar-refractivity contribution in [2.45, 2.75) is 32.1 Å². The maximum absolute atomic E-state index is 13.6. The normalized spacial score (nSPS) is 16.0. The molecule has 0 aliphatic carbocycles. The molecule has 28 heavy (non-hydrogen) atoms. The van der Waals surface area contributed by atoms with E-state index in [0.717, 1.165) is 29.7 Å². The zero-order valence-electron chi connectivity index (χ0n) is 15.6. The van der Waals surface area contributed by atoms with Gasteiger partial charge in [-0.25, -0.2) is 9.40 Å². The minimum atomic E-state index is -0.352. The summed E-state index contributed by atoms with van der Waals surface area (Å²) in [5.41, 5.74) is 3.51. The van der Waals surface area contributed by atoms with Crippen molar-refractivity contribution >= 4 is 23.2 Å². The van der Waals surface area contributed by atoms with E-state index in [1.54, 1.807) is 11.0 Å². The molecule has 0 saturated carbocycles. The number of aryl methyl sites for hydroxylation is 1. The van der Waals surface area contributed by atoms with Crippen molar-refractivity contribution < 1.29 is 14.0 Å². The van der Waals surface area contributed by atoms with Crippen molar-refractivity contribution in [3.63, 3.8) is 0 Å². The first kappa shape index (κ1) is 18.3. The number of amides is 2. The lowest BCUT2D eigenvalue weighted by molar-refractivity contribution is -0.132. The number of hydrogen-bond donors (Lipinski definition) is 0. The zero-order chi connectivity index (χ0) is 19.5. The van der Waals surface area contributed by atoms with Crippen LogP contribution >= 0.6 is 0 Å². The Morgan fingerprint density at radius 2 is 1.75 bits per heavy atom. The third-order valence-corrected chi connectivity index (χ3v) is 5.22. The summed E-state index contributed by atoms with van der Waals surface area (Å²) >= 11 is 0. The summed E-state index contributed by atoms with van der Waals surface area (Å²) in [5, 5.41) is 5.88. The Bertz CT molecular complexity index is 927. The number of hydrazone groups is 1. The van der Waals surface area contributed by atoms with Crippen molar-refractivity contribution in [3.8, 4) is 0 Å². The standard InChI is InChI=1S/C22H22FN3O2/c23-18-9-8-17-7-4-13-25(20(17)15-18)21(27)10-11-22(28)26-14-12-19(24-26)16-5-2-1-3-6-16/h1-3,5-6,8-9,15H,4,7,10-14H2. The quantitative estimate of drug-likeness (QED) is 0.816. The lowest BCUT2D eigenvalue weighted by atomic mass is 10.0. The van der Waals surface area contributed by atoms with Crippen LogP contribution in [0, 0.1) is 5.82 Å². The largest absolute Gasteiger partial charge is 0.312 e. The van der Waals surface area contributed by atoms with Gasteiger partial charge in [0.2, 0.25) is 11.8 Å². The van der Waals surface area contributed by atoms with E-state index in [4.69, 9.17) is 0 Å². The molecule has 2 aliphatic heterocycles. The Morgan fingerprint density at radius 1 is 0.964 bits per heavy atom. The molecule has 2 aromatic rings. The molecule has 2 aromatic carbocycles. The van der Waals surface area contributed by atoms with Gasteiger partial charge in [-0.2, -0.15) is 5.10 Å². The molecule has 0 atom stereocenters. The van der Waals surface area contributed by atoms with Crippen LogP contribution in [0.15, 0.2) is 53.6 Å². The third-order valence-electron chi connectivity index (χ3n) is 5.22. The Morgan fingerprint density at radius 3 is 2.57 bits per heavy atom. The second kappa shape index (κ2) is 7.92. The fourth-order valence-corrected chi connectivity index (χ4v) is 3.76. The molecule has 0 saturated heterocycles. The first-order valence-electron chi connectivity index (χ1n) is 9.64. The summed E-state index contributed by atoms with van der Waals surface area (Å²) in [6, 6.07) is 14.3.